The molecule has 96 valence electrons. The third-order valence-electron chi connectivity index (χ3n) is 3.03. The summed E-state index contributed by atoms with van der Waals surface area (Å²) in [6.07, 6.45) is 1.57. The Hall–Kier alpha value is -0.830. The molecule has 0 amide bonds. The highest BCUT2D eigenvalue weighted by Gasteiger charge is 2.25. The largest absolute Gasteiger partial charge is 0.497 e. The van der Waals surface area contributed by atoms with Gasteiger partial charge in [0.25, 0.3) is 0 Å². The normalized spacial score (nSPS) is 12.9. The number of alkyl halides is 1. The third-order valence-corrected chi connectivity index (χ3v) is 3.60. The molecule has 4 heteroatoms. The molecule has 0 radical (unpaired) electrons. The van der Waals surface area contributed by atoms with Gasteiger partial charge in [0, 0.05) is 17.7 Å². The molecule has 0 saturated heterocycles. The second-order valence-corrected chi connectivity index (χ2v) is 4.45. The van der Waals surface area contributed by atoms with Gasteiger partial charge in [0.2, 0.25) is 0 Å². The first-order valence-corrected chi connectivity index (χ1v) is 6.15. The van der Waals surface area contributed by atoms with Gasteiger partial charge in [-0.15, -0.1) is 11.6 Å². The van der Waals surface area contributed by atoms with Crippen LogP contribution in [0.1, 0.15) is 37.6 Å². The van der Waals surface area contributed by atoms with Crippen molar-refractivity contribution in [3.63, 3.8) is 0 Å². The maximum atomic E-state index is 13.8. The van der Waals surface area contributed by atoms with Crippen LogP contribution in [0.15, 0.2) is 12.1 Å². The zero-order valence-corrected chi connectivity index (χ0v) is 11.0. The van der Waals surface area contributed by atoms with Crippen LogP contribution in [0.2, 0.25) is 0 Å². The molecule has 0 aliphatic rings. The summed E-state index contributed by atoms with van der Waals surface area (Å²) in [4.78, 5) is 0. The molecule has 1 atom stereocenters. The average Bonchev–Trinajstić information content (AvgIpc) is 2.29. The summed E-state index contributed by atoms with van der Waals surface area (Å²) in [6, 6.07) is 2.33. The van der Waals surface area contributed by atoms with Gasteiger partial charge in [0.1, 0.15) is 17.4 Å². The lowest BCUT2D eigenvalue weighted by molar-refractivity contribution is 0.400. The molecule has 0 saturated carbocycles. The van der Waals surface area contributed by atoms with E-state index < -0.39 is 17.0 Å². The van der Waals surface area contributed by atoms with Crippen LogP contribution in [0, 0.1) is 17.6 Å². The molecule has 0 aliphatic heterocycles. The van der Waals surface area contributed by atoms with Crippen molar-refractivity contribution < 1.29 is 13.5 Å². The van der Waals surface area contributed by atoms with Crippen LogP contribution in [0.3, 0.4) is 0 Å². The first-order valence-electron chi connectivity index (χ1n) is 5.72. The Bertz CT molecular complexity index is 355. The minimum atomic E-state index is -0.645. The molecule has 1 aromatic rings. The van der Waals surface area contributed by atoms with Gasteiger partial charge in [-0.3, -0.25) is 0 Å². The van der Waals surface area contributed by atoms with Crippen LogP contribution >= 0.6 is 11.6 Å². The van der Waals surface area contributed by atoms with E-state index in [1.54, 1.807) is 0 Å². The molecular formula is C13H17ClF2O. The monoisotopic (exact) mass is 262 g/mol. The fourth-order valence-electron chi connectivity index (χ4n) is 1.88. The molecule has 1 rings (SSSR count). The van der Waals surface area contributed by atoms with Gasteiger partial charge in [-0.25, -0.2) is 8.78 Å². The van der Waals surface area contributed by atoms with Gasteiger partial charge in [-0.05, 0) is 5.92 Å². The molecule has 0 N–H and O–H groups in total. The minimum Gasteiger partial charge on any atom is -0.497 e. The van der Waals surface area contributed by atoms with Crippen molar-refractivity contribution in [1.29, 1.82) is 0 Å². The van der Waals surface area contributed by atoms with Crippen molar-refractivity contribution in [3.8, 4) is 5.75 Å². The van der Waals surface area contributed by atoms with E-state index in [2.05, 4.69) is 0 Å². The Kier molecular flexibility index (Phi) is 5.19. The van der Waals surface area contributed by atoms with E-state index in [0.717, 1.165) is 25.0 Å². The van der Waals surface area contributed by atoms with E-state index in [-0.39, 0.29) is 17.2 Å². The van der Waals surface area contributed by atoms with Gasteiger partial charge in [-0.2, -0.15) is 0 Å². The summed E-state index contributed by atoms with van der Waals surface area (Å²) in [5.41, 5.74) is -0.0545. The molecular weight excluding hydrogens is 246 g/mol. The molecule has 1 unspecified atom stereocenters. The topological polar surface area (TPSA) is 9.23 Å². The molecule has 0 fully saturated rings. The number of benzene rings is 1. The smallest absolute Gasteiger partial charge is 0.134 e. The van der Waals surface area contributed by atoms with Crippen molar-refractivity contribution in [2.75, 3.05) is 7.11 Å². The maximum absolute atomic E-state index is 13.8. The van der Waals surface area contributed by atoms with Crippen LogP contribution in [-0.2, 0) is 0 Å². The first kappa shape index (κ1) is 14.2. The Balaban J connectivity index is 3.13. The Morgan fingerprint density at radius 2 is 1.65 bits per heavy atom. The van der Waals surface area contributed by atoms with E-state index >= 15 is 0 Å². The maximum Gasteiger partial charge on any atom is 0.134 e. The number of methoxy groups -OCH3 is 1. The average molecular weight is 263 g/mol. The van der Waals surface area contributed by atoms with Crippen molar-refractivity contribution in [2.24, 2.45) is 5.92 Å². The molecule has 0 heterocycles. The highest BCUT2D eigenvalue weighted by molar-refractivity contribution is 6.21. The Morgan fingerprint density at radius 1 is 1.18 bits per heavy atom. The minimum absolute atomic E-state index is 0.0545. The van der Waals surface area contributed by atoms with E-state index in [0.29, 0.717) is 0 Å². The molecule has 1 nitrogen and oxygen atoms in total. The Morgan fingerprint density at radius 3 is 2.00 bits per heavy atom. The Labute approximate surface area is 106 Å². The first-order chi connectivity index (χ1) is 8.04. The van der Waals surface area contributed by atoms with Gasteiger partial charge in [0.15, 0.2) is 0 Å². The van der Waals surface area contributed by atoms with Crippen LogP contribution in [0.25, 0.3) is 0 Å². The van der Waals surface area contributed by atoms with E-state index in [4.69, 9.17) is 16.3 Å². The number of hydrogen-bond acceptors (Lipinski definition) is 1. The SMILES string of the molecule is CCC(CC)C(Cl)c1c(F)cc(OC)cc1F. The quantitative estimate of drug-likeness (QED) is 0.700. The standard InChI is InChI=1S/C13H17ClF2O/c1-4-8(5-2)13(14)12-10(15)6-9(17-3)7-11(12)16/h6-8,13H,4-5H2,1-3H3. The fourth-order valence-corrected chi connectivity index (χ4v) is 2.45. The van der Waals surface area contributed by atoms with Gasteiger partial charge in [0.05, 0.1) is 12.5 Å². The fraction of sp³-hybridized carbons (Fsp3) is 0.538. The van der Waals surface area contributed by atoms with E-state index in [1.165, 1.54) is 7.11 Å². The molecule has 0 spiro atoms. The van der Waals surface area contributed by atoms with Crippen molar-refractivity contribution in [2.45, 2.75) is 32.1 Å². The van der Waals surface area contributed by atoms with Gasteiger partial charge >= 0.3 is 0 Å². The predicted octanol–water partition coefficient (Wildman–Crippen LogP) is 4.69. The number of rotatable bonds is 5. The summed E-state index contributed by atoms with van der Waals surface area (Å²) in [5.74, 6) is -1.06. The molecule has 0 aliphatic carbocycles. The third kappa shape index (κ3) is 3.09. The highest BCUT2D eigenvalue weighted by Crippen LogP contribution is 2.37. The second-order valence-electron chi connectivity index (χ2n) is 3.98. The molecule has 0 bridgehead atoms. The summed E-state index contributed by atoms with van der Waals surface area (Å²) in [7, 11) is 1.37. The van der Waals surface area contributed by atoms with Crippen LogP contribution < -0.4 is 4.74 Å². The second kappa shape index (κ2) is 6.20. The lowest BCUT2D eigenvalue weighted by Gasteiger charge is -2.20. The molecule has 17 heavy (non-hydrogen) atoms. The molecule has 0 aromatic heterocycles. The van der Waals surface area contributed by atoms with Crippen molar-refractivity contribution in [1.82, 2.24) is 0 Å². The molecule has 1 aromatic carbocycles. The zero-order valence-electron chi connectivity index (χ0n) is 10.3. The lowest BCUT2D eigenvalue weighted by Crippen LogP contribution is -2.10. The van der Waals surface area contributed by atoms with E-state index in [9.17, 15) is 8.78 Å². The van der Waals surface area contributed by atoms with Gasteiger partial charge in [-0.1, -0.05) is 26.7 Å². The van der Waals surface area contributed by atoms with E-state index in [1.807, 2.05) is 13.8 Å². The van der Waals surface area contributed by atoms with Crippen LogP contribution in [0.4, 0.5) is 8.78 Å². The van der Waals surface area contributed by atoms with Gasteiger partial charge < -0.3 is 4.74 Å². The predicted molar refractivity (Wildman–Crippen MR) is 65.6 cm³/mol. The highest BCUT2D eigenvalue weighted by atomic mass is 35.5. The summed E-state index contributed by atoms with van der Waals surface area (Å²) < 4.78 is 32.4. The summed E-state index contributed by atoms with van der Waals surface area (Å²) in [6.45, 7) is 3.92. The van der Waals surface area contributed by atoms with Crippen molar-refractivity contribution in [3.05, 3.63) is 29.3 Å². The summed E-state index contributed by atoms with van der Waals surface area (Å²) in [5, 5.41) is -0.643. The number of halogens is 3. The van der Waals surface area contributed by atoms with Crippen LogP contribution in [-0.4, -0.2) is 7.11 Å². The summed E-state index contributed by atoms with van der Waals surface area (Å²) >= 11 is 6.16. The van der Waals surface area contributed by atoms with Crippen LogP contribution in [0.5, 0.6) is 5.75 Å². The number of hydrogen-bond donors (Lipinski definition) is 0. The lowest BCUT2D eigenvalue weighted by atomic mass is 9.93. The van der Waals surface area contributed by atoms with Crippen molar-refractivity contribution >= 4 is 11.6 Å². The zero-order chi connectivity index (χ0) is 13.0. The number of ether oxygens (including phenoxy) is 1.